The van der Waals surface area contributed by atoms with Gasteiger partial charge in [-0.25, -0.2) is 0 Å². The van der Waals surface area contributed by atoms with Crippen LogP contribution in [0.2, 0.25) is 0 Å². The summed E-state index contributed by atoms with van der Waals surface area (Å²) in [6, 6.07) is 76.8. The van der Waals surface area contributed by atoms with Crippen molar-refractivity contribution in [3.8, 4) is 0 Å². The molecule has 0 amide bonds. The van der Waals surface area contributed by atoms with E-state index in [1.54, 1.807) is 0 Å². The first-order valence-corrected chi connectivity index (χ1v) is 26.7. The van der Waals surface area contributed by atoms with E-state index < -0.39 is 14.4 Å². The number of benzene rings is 8. The third kappa shape index (κ3) is 12.9. The molecule has 344 valence electrons. The molecule has 0 aliphatic rings. The number of nitrogens with zero attached hydrogens (tertiary/aromatic N) is 4. The fourth-order valence-corrected chi connectivity index (χ4v) is 13.6. The van der Waals surface area contributed by atoms with E-state index in [9.17, 15) is 0 Å². The van der Waals surface area contributed by atoms with Crippen molar-refractivity contribution in [2.75, 3.05) is 0 Å². The van der Waals surface area contributed by atoms with Crippen molar-refractivity contribution in [1.29, 1.82) is 0 Å². The fraction of sp³-hybridized carbons (Fsp3) is 0.200. The monoisotopic (exact) mass is 1010 g/mol. The third-order valence-corrected chi connectivity index (χ3v) is 17.9. The molecule has 8 aromatic carbocycles. The molecule has 0 atom stereocenters. The third-order valence-electron chi connectivity index (χ3n) is 11.7. The summed E-state index contributed by atoms with van der Waals surface area (Å²) in [7, 11) is -4.94. The smallest absolute Gasteiger partial charge is 0.638 e. The van der Waals surface area contributed by atoms with Crippen LogP contribution < -0.4 is 21.2 Å². The van der Waals surface area contributed by atoms with Gasteiger partial charge in [0.25, 0.3) is 0 Å². The average Bonchev–Trinajstić information content (AvgIpc) is 3.35. The predicted molar refractivity (Wildman–Crippen MR) is 290 cm³/mol. The first-order valence-electron chi connectivity index (χ1n) is 23.3. The topological polar surface area (TPSA) is 52.9 Å². The largest absolute Gasteiger partial charge is 2.00 e. The van der Waals surface area contributed by atoms with Gasteiger partial charge in [-0.05, 0) is 106 Å². The van der Waals surface area contributed by atoms with Gasteiger partial charge in [-0.2, -0.15) is 0 Å². The summed E-state index contributed by atoms with van der Waals surface area (Å²) in [5, 5.41) is 15.5. The molecular weight excluding hydrogens is 945 g/mol. The van der Waals surface area contributed by atoms with Crippen molar-refractivity contribution in [3.05, 3.63) is 251 Å². The van der Waals surface area contributed by atoms with E-state index in [4.69, 9.17) is 19.7 Å². The normalized spacial score (nSPS) is 11.4. The summed E-state index contributed by atoms with van der Waals surface area (Å²) < 4.78 is 10.9. The molecule has 7 heteroatoms. The van der Waals surface area contributed by atoms with Crippen molar-refractivity contribution in [2.24, 2.45) is 9.49 Å². The Morgan fingerprint density at radius 2 is 0.493 bits per heavy atom. The first-order chi connectivity index (χ1) is 32.0. The summed E-state index contributed by atoms with van der Waals surface area (Å²) in [6.45, 7) is 17.7. The molecule has 0 fully saturated rings. The van der Waals surface area contributed by atoms with E-state index in [2.05, 4.69) is 274 Å². The van der Waals surface area contributed by atoms with Gasteiger partial charge in [0.15, 0.2) is 0 Å². The Bertz CT molecular complexity index is 2540. The van der Waals surface area contributed by atoms with Crippen LogP contribution in [0.1, 0.15) is 101 Å². The molecule has 0 aromatic heterocycles. The molecule has 0 bridgehead atoms. The van der Waals surface area contributed by atoms with Crippen molar-refractivity contribution >= 4 is 58.4 Å². The maximum atomic E-state index is 5.43. The second kappa shape index (κ2) is 24.0. The molecule has 8 aromatic rings. The minimum Gasteiger partial charge on any atom is -0.638 e. The van der Waals surface area contributed by atoms with E-state index in [1.165, 1.54) is 22.3 Å². The van der Waals surface area contributed by atoms with Crippen LogP contribution in [0.4, 0.5) is 22.7 Å². The SMILES string of the molecule is CC(C)c1ccc(N=P([N-]c2ccc(C(C)C)cc2)(c2ccccc2)c2ccccc2)cc1.CC(C)c1ccc(N=P([N-]c2ccc(C(C)C)cc2)(c2ccccc2)c2ccccc2)cc1.[Pd+2]. The molecule has 0 unspecified atom stereocenters. The molecule has 0 saturated heterocycles. The quantitative estimate of drug-likeness (QED) is 0.0770. The predicted octanol–water partition coefficient (Wildman–Crippen LogP) is 18.1. The fourth-order valence-electron chi connectivity index (χ4n) is 7.72. The second-order valence-corrected chi connectivity index (χ2v) is 23.2. The van der Waals surface area contributed by atoms with Crippen LogP contribution in [0.3, 0.4) is 0 Å². The number of hydrogen-bond donors (Lipinski definition) is 0. The van der Waals surface area contributed by atoms with Gasteiger partial charge in [0.2, 0.25) is 0 Å². The van der Waals surface area contributed by atoms with Gasteiger partial charge in [-0.3, -0.25) is 9.49 Å². The Hall–Kier alpha value is -5.52. The van der Waals surface area contributed by atoms with Gasteiger partial charge in [-0.15, -0.1) is 11.4 Å². The van der Waals surface area contributed by atoms with Gasteiger partial charge in [-0.1, -0.05) is 250 Å². The Morgan fingerprint density at radius 1 is 0.284 bits per heavy atom. The van der Waals surface area contributed by atoms with Crippen LogP contribution >= 0.6 is 14.4 Å². The zero-order chi connectivity index (χ0) is 46.5. The van der Waals surface area contributed by atoms with Crippen LogP contribution in [0.5, 0.6) is 0 Å². The Morgan fingerprint density at radius 3 is 0.701 bits per heavy atom. The van der Waals surface area contributed by atoms with Gasteiger partial charge in [0, 0.05) is 0 Å². The van der Waals surface area contributed by atoms with E-state index in [0.29, 0.717) is 23.7 Å². The Kier molecular flexibility index (Phi) is 18.2. The second-order valence-electron chi connectivity index (χ2n) is 17.9. The molecule has 0 N–H and O–H groups in total. The van der Waals surface area contributed by atoms with Crippen LogP contribution in [-0.4, -0.2) is 0 Å². The number of rotatable bonds is 14. The summed E-state index contributed by atoms with van der Waals surface area (Å²) in [6.07, 6.45) is 0. The standard InChI is InChI=1S/2C30H32N2P.Pd/c2*1-23(2)25-15-19-27(20-16-25)31-33(29-11-7-5-8-12-29,30-13-9-6-10-14-30)32-28-21-17-26(18-22-28)24(3)4;/h2*5-24H,1-4H3;/q2*-1;+2. The van der Waals surface area contributed by atoms with E-state index in [-0.39, 0.29) is 20.4 Å². The number of hydrogen-bond acceptors (Lipinski definition) is 2. The maximum absolute atomic E-state index is 5.43. The minimum absolute atomic E-state index is 0. The maximum Gasteiger partial charge on any atom is 2.00 e. The van der Waals surface area contributed by atoms with Crippen LogP contribution in [0.25, 0.3) is 10.2 Å². The average molecular weight is 1010 g/mol. The Balaban J connectivity index is 0.000000218. The molecule has 0 aliphatic carbocycles. The molecule has 8 rings (SSSR count). The zero-order valence-corrected chi connectivity index (χ0v) is 43.4. The zero-order valence-electron chi connectivity index (χ0n) is 40.1. The van der Waals surface area contributed by atoms with Crippen LogP contribution in [-0.2, 0) is 20.4 Å². The molecule has 67 heavy (non-hydrogen) atoms. The van der Waals surface area contributed by atoms with Gasteiger partial charge in [0.1, 0.15) is 0 Å². The summed E-state index contributed by atoms with van der Waals surface area (Å²) in [5.41, 5.74) is 9.12. The van der Waals surface area contributed by atoms with E-state index in [0.717, 1.165) is 44.0 Å². The summed E-state index contributed by atoms with van der Waals surface area (Å²) >= 11 is 0. The van der Waals surface area contributed by atoms with E-state index >= 15 is 0 Å². The van der Waals surface area contributed by atoms with Crippen molar-refractivity contribution in [1.82, 2.24) is 0 Å². The summed E-state index contributed by atoms with van der Waals surface area (Å²) in [4.78, 5) is 0. The molecular formula is C60H64N4P2Pd. The molecule has 0 heterocycles. The molecule has 4 nitrogen and oxygen atoms in total. The minimum atomic E-state index is -2.47. The van der Waals surface area contributed by atoms with Gasteiger partial charge >= 0.3 is 20.4 Å². The molecule has 0 saturated carbocycles. The van der Waals surface area contributed by atoms with Gasteiger partial charge in [0.05, 0.1) is 11.4 Å². The summed E-state index contributed by atoms with van der Waals surface area (Å²) in [5.74, 6) is 1.97. The van der Waals surface area contributed by atoms with Crippen molar-refractivity contribution < 1.29 is 20.4 Å². The molecule has 0 aliphatic heterocycles. The first kappa shape index (κ1) is 50.9. The van der Waals surface area contributed by atoms with Crippen LogP contribution in [0, 0.1) is 0 Å². The van der Waals surface area contributed by atoms with Crippen molar-refractivity contribution in [2.45, 2.75) is 79.1 Å². The van der Waals surface area contributed by atoms with E-state index in [1.807, 2.05) is 0 Å². The molecule has 0 radical (unpaired) electrons. The van der Waals surface area contributed by atoms with Gasteiger partial charge < -0.3 is 10.2 Å². The Labute approximate surface area is 415 Å². The molecule has 0 spiro atoms. The van der Waals surface area contributed by atoms with Crippen molar-refractivity contribution in [3.63, 3.8) is 0 Å². The van der Waals surface area contributed by atoms with Crippen LogP contribution in [0.15, 0.2) is 228 Å².